The molecule has 0 saturated carbocycles. The van der Waals surface area contributed by atoms with Gasteiger partial charge in [-0.2, -0.15) is 0 Å². The third-order valence-corrected chi connectivity index (χ3v) is 3.51. The lowest BCUT2D eigenvalue weighted by molar-refractivity contribution is 0.102. The van der Waals surface area contributed by atoms with E-state index in [2.05, 4.69) is 31.2 Å². The molecule has 0 saturated heterocycles. The highest BCUT2D eigenvalue weighted by molar-refractivity contribution is 9.11. The van der Waals surface area contributed by atoms with Crippen molar-refractivity contribution in [3.8, 4) is 0 Å². The van der Waals surface area contributed by atoms with Crippen molar-refractivity contribution in [2.24, 2.45) is 0 Å². The van der Waals surface area contributed by atoms with Gasteiger partial charge in [0.15, 0.2) is 5.13 Å². The smallest absolute Gasteiger partial charge is 0.259 e. The lowest BCUT2D eigenvalue weighted by Crippen LogP contribution is -2.13. The minimum absolute atomic E-state index is 0.236. The Kier molecular flexibility index (Phi) is 3.60. The highest BCUT2D eigenvalue weighted by atomic mass is 79.9. The van der Waals surface area contributed by atoms with Gasteiger partial charge >= 0.3 is 0 Å². The van der Waals surface area contributed by atoms with Gasteiger partial charge in [0, 0.05) is 6.20 Å². The van der Waals surface area contributed by atoms with E-state index in [0.717, 1.165) is 3.79 Å². The second-order valence-electron chi connectivity index (χ2n) is 3.01. The maximum atomic E-state index is 11.9. The van der Waals surface area contributed by atoms with E-state index in [-0.39, 0.29) is 22.3 Å². The fourth-order valence-corrected chi connectivity index (χ4v) is 2.40. The summed E-state index contributed by atoms with van der Waals surface area (Å²) in [7, 11) is 0. The van der Waals surface area contributed by atoms with Gasteiger partial charge in [-0.25, -0.2) is 9.97 Å². The zero-order valence-electron chi connectivity index (χ0n) is 8.28. The number of pyridine rings is 1. The lowest BCUT2D eigenvalue weighted by atomic mass is 10.2. The number of nitrogens with two attached hydrogens (primary N) is 1. The minimum atomic E-state index is -0.369. The number of thiazole rings is 1. The molecule has 0 atom stereocenters. The van der Waals surface area contributed by atoms with Crippen LogP contribution < -0.4 is 11.1 Å². The molecule has 0 aromatic carbocycles. The third kappa shape index (κ3) is 2.93. The van der Waals surface area contributed by atoms with Crippen molar-refractivity contribution < 1.29 is 4.79 Å². The van der Waals surface area contributed by atoms with Gasteiger partial charge in [-0.1, -0.05) is 22.9 Å². The van der Waals surface area contributed by atoms with E-state index < -0.39 is 0 Å². The molecule has 0 aliphatic rings. The van der Waals surface area contributed by atoms with Crippen LogP contribution in [-0.2, 0) is 0 Å². The summed E-state index contributed by atoms with van der Waals surface area (Å²) in [6, 6.07) is 1.42. The van der Waals surface area contributed by atoms with Crippen molar-refractivity contribution in [1.29, 1.82) is 0 Å². The number of nitrogens with zero attached hydrogens (tertiary/aromatic N) is 2. The van der Waals surface area contributed by atoms with E-state index in [1.165, 1.54) is 23.6 Å². The maximum absolute atomic E-state index is 11.9. The number of rotatable bonds is 2. The normalized spacial score (nSPS) is 10.2. The monoisotopic (exact) mass is 332 g/mol. The maximum Gasteiger partial charge on any atom is 0.259 e. The van der Waals surface area contributed by atoms with Crippen LogP contribution in [0.5, 0.6) is 0 Å². The SMILES string of the molecule is Nc1cc(C(=O)Nc2ncc(Br)s2)c(Cl)cn1. The largest absolute Gasteiger partial charge is 0.384 e. The summed E-state index contributed by atoms with van der Waals surface area (Å²) in [6.45, 7) is 0. The van der Waals surface area contributed by atoms with Crippen LogP contribution in [0.15, 0.2) is 22.2 Å². The molecular formula is C9H6BrClN4OS. The molecule has 2 heterocycles. The summed E-state index contributed by atoms with van der Waals surface area (Å²) in [5, 5.41) is 3.34. The Morgan fingerprint density at radius 1 is 1.47 bits per heavy atom. The molecule has 0 aliphatic heterocycles. The number of amides is 1. The fourth-order valence-electron chi connectivity index (χ4n) is 1.11. The van der Waals surface area contributed by atoms with Crippen molar-refractivity contribution >= 4 is 55.7 Å². The van der Waals surface area contributed by atoms with Gasteiger partial charge in [0.05, 0.1) is 20.6 Å². The minimum Gasteiger partial charge on any atom is -0.384 e. The third-order valence-electron chi connectivity index (χ3n) is 1.82. The van der Waals surface area contributed by atoms with Crippen molar-refractivity contribution in [3.63, 3.8) is 0 Å². The number of carbonyl (C=O) groups excluding carboxylic acids is 1. The molecule has 2 aromatic rings. The van der Waals surface area contributed by atoms with E-state index in [0.29, 0.717) is 5.13 Å². The Bertz CT molecular complexity index is 574. The van der Waals surface area contributed by atoms with Crippen LogP contribution in [0, 0.1) is 0 Å². The molecular weight excluding hydrogens is 328 g/mol. The molecule has 0 unspecified atom stereocenters. The number of hydrogen-bond donors (Lipinski definition) is 2. The predicted octanol–water partition coefficient (Wildman–Crippen LogP) is 2.79. The van der Waals surface area contributed by atoms with Gasteiger partial charge in [-0.05, 0) is 22.0 Å². The average Bonchev–Trinajstić information content (AvgIpc) is 2.67. The second-order valence-corrected chi connectivity index (χ2v) is 5.83. The molecule has 0 aliphatic carbocycles. The van der Waals surface area contributed by atoms with Crippen LogP contribution in [0.4, 0.5) is 10.9 Å². The summed E-state index contributed by atoms with van der Waals surface area (Å²) in [5.74, 6) is -0.134. The summed E-state index contributed by atoms with van der Waals surface area (Å²) in [6.07, 6.45) is 2.94. The van der Waals surface area contributed by atoms with E-state index in [1.54, 1.807) is 6.20 Å². The zero-order chi connectivity index (χ0) is 12.4. The van der Waals surface area contributed by atoms with Crippen LogP contribution in [0.2, 0.25) is 5.02 Å². The summed E-state index contributed by atoms with van der Waals surface area (Å²) in [4.78, 5) is 19.6. The number of hydrogen-bond acceptors (Lipinski definition) is 5. The lowest BCUT2D eigenvalue weighted by Gasteiger charge is -2.04. The Hall–Kier alpha value is -1.18. The molecule has 5 nitrogen and oxygen atoms in total. The molecule has 17 heavy (non-hydrogen) atoms. The number of halogens is 2. The molecule has 0 radical (unpaired) electrons. The Labute approximate surface area is 114 Å². The van der Waals surface area contributed by atoms with Gasteiger partial charge in [0.2, 0.25) is 0 Å². The molecule has 0 fully saturated rings. The first kappa shape index (κ1) is 12.3. The molecule has 1 amide bonds. The molecule has 2 aromatic heterocycles. The number of carbonyl (C=O) groups is 1. The van der Waals surface area contributed by atoms with Gasteiger partial charge in [0.25, 0.3) is 5.91 Å². The first-order valence-electron chi connectivity index (χ1n) is 4.40. The van der Waals surface area contributed by atoms with Gasteiger partial charge < -0.3 is 5.73 Å². The fraction of sp³-hybridized carbons (Fsp3) is 0. The van der Waals surface area contributed by atoms with Gasteiger partial charge in [-0.3, -0.25) is 10.1 Å². The number of aromatic nitrogens is 2. The van der Waals surface area contributed by atoms with Crippen molar-refractivity contribution in [1.82, 2.24) is 9.97 Å². The molecule has 0 spiro atoms. The Morgan fingerprint density at radius 3 is 2.88 bits per heavy atom. The second kappa shape index (κ2) is 4.99. The van der Waals surface area contributed by atoms with Crippen LogP contribution in [0.3, 0.4) is 0 Å². The first-order valence-corrected chi connectivity index (χ1v) is 6.38. The van der Waals surface area contributed by atoms with Crippen LogP contribution >= 0.6 is 38.9 Å². The number of nitrogen functional groups attached to an aromatic ring is 1. The van der Waals surface area contributed by atoms with E-state index >= 15 is 0 Å². The summed E-state index contributed by atoms with van der Waals surface area (Å²) in [5.41, 5.74) is 5.76. The first-order chi connectivity index (χ1) is 8.06. The van der Waals surface area contributed by atoms with Gasteiger partial charge in [-0.15, -0.1) is 0 Å². The van der Waals surface area contributed by atoms with Crippen LogP contribution in [0.1, 0.15) is 10.4 Å². The summed E-state index contributed by atoms with van der Waals surface area (Å²) < 4.78 is 0.827. The van der Waals surface area contributed by atoms with Crippen LogP contribution in [-0.4, -0.2) is 15.9 Å². The molecule has 8 heteroatoms. The summed E-state index contributed by atoms with van der Waals surface area (Å²) >= 11 is 10.4. The van der Waals surface area contributed by atoms with E-state index in [4.69, 9.17) is 17.3 Å². The van der Waals surface area contributed by atoms with E-state index in [1.807, 2.05) is 0 Å². The number of nitrogens with one attached hydrogen (secondary N) is 1. The Morgan fingerprint density at radius 2 is 2.24 bits per heavy atom. The highest BCUT2D eigenvalue weighted by Crippen LogP contribution is 2.24. The standard InChI is InChI=1S/C9H6BrClN4OS/c10-6-3-14-9(17-6)15-8(16)4-1-7(12)13-2-5(4)11/h1-3H,(H2,12,13)(H,14,15,16). The van der Waals surface area contributed by atoms with Crippen molar-refractivity contribution in [2.75, 3.05) is 11.1 Å². The predicted molar refractivity (Wildman–Crippen MR) is 71.4 cm³/mol. The van der Waals surface area contributed by atoms with Gasteiger partial charge in [0.1, 0.15) is 5.82 Å². The Balaban J connectivity index is 2.22. The molecule has 3 N–H and O–H groups in total. The molecule has 88 valence electrons. The van der Waals surface area contributed by atoms with E-state index in [9.17, 15) is 4.79 Å². The molecule has 2 rings (SSSR count). The van der Waals surface area contributed by atoms with Crippen LogP contribution in [0.25, 0.3) is 0 Å². The average molecular weight is 334 g/mol. The molecule has 0 bridgehead atoms. The zero-order valence-corrected chi connectivity index (χ0v) is 11.4. The van der Waals surface area contributed by atoms with Crippen molar-refractivity contribution in [3.05, 3.63) is 32.8 Å². The highest BCUT2D eigenvalue weighted by Gasteiger charge is 2.13. The number of anilines is 2. The van der Waals surface area contributed by atoms with Crippen molar-refractivity contribution in [2.45, 2.75) is 0 Å². The topological polar surface area (TPSA) is 80.9 Å². The quantitative estimate of drug-likeness (QED) is 0.885.